The van der Waals surface area contributed by atoms with Crippen LogP contribution in [0.5, 0.6) is 5.75 Å². The van der Waals surface area contributed by atoms with E-state index in [2.05, 4.69) is 9.80 Å². The lowest BCUT2D eigenvalue weighted by molar-refractivity contribution is 0.0218. The molecule has 0 N–H and O–H groups in total. The minimum Gasteiger partial charge on any atom is -0.472 e. The van der Waals surface area contributed by atoms with E-state index in [1.54, 1.807) is 35.2 Å². The molecule has 3 fully saturated rings. The van der Waals surface area contributed by atoms with Crippen molar-refractivity contribution in [2.75, 3.05) is 56.5 Å². The normalized spacial score (nSPS) is 21.2. The number of hydrogen-bond donors (Lipinski definition) is 0. The summed E-state index contributed by atoms with van der Waals surface area (Å²) < 4.78 is 38.5. The number of fused-ring (bicyclic) bond motifs is 3. The van der Waals surface area contributed by atoms with Crippen LogP contribution < -0.4 is 14.5 Å². The van der Waals surface area contributed by atoms with Crippen molar-refractivity contribution in [3.8, 4) is 16.9 Å². The number of carbonyl (C=O) groups excluding carboxylic acids is 3. The van der Waals surface area contributed by atoms with Crippen LogP contribution in [0.4, 0.5) is 20.6 Å². The van der Waals surface area contributed by atoms with Gasteiger partial charge in [-0.15, -0.1) is 0 Å². The second-order valence-electron chi connectivity index (χ2n) is 15.0. The number of para-hydroxylation sites is 1. The van der Waals surface area contributed by atoms with E-state index in [4.69, 9.17) is 42.1 Å². The minimum absolute atomic E-state index is 0.0623. The maximum Gasteiger partial charge on any atom is 0.410 e. The van der Waals surface area contributed by atoms with Gasteiger partial charge in [0.15, 0.2) is 6.73 Å². The van der Waals surface area contributed by atoms with E-state index in [1.165, 1.54) is 18.1 Å². The first-order valence-electron chi connectivity index (χ1n) is 17.8. The standard InChI is InChI=1S/C39H43Cl2FN4O7/c1-22-17-43(38(49)53-39(2,3)4)11-12-45(22)26-13-30(40)34(31(41)14-26)36(47)44-18-23-7-6-8-27(35(23)52-21-44)28-16-33(29(15-32(28)42)37(48)50-5)46-24-9-10-25(46)20-51-19-24/h6-8,13-16,22,24-25H,9-12,17-21H2,1-5H3/t22-,24?,25?/m0/s1. The third-order valence-corrected chi connectivity index (χ3v) is 10.9. The Bertz CT molecular complexity index is 1920. The molecule has 0 saturated carbocycles. The van der Waals surface area contributed by atoms with Gasteiger partial charge in [-0.25, -0.2) is 14.0 Å². The number of benzene rings is 3. The third kappa shape index (κ3) is 7.20. The zero-order valence-corrected chi connectivity index (χ0v) is 31.9. The number of rotatable bonds is 5. The van der Waals surface area contributed by atoms with Crippen molar-refractivity contribution in [2.24, 2.45) is 0 Å². The number of anilines is 2. The van der Waals surface area contributed by atoms with Crippen LogP contribution >= 0.6 is 23.2 Å². The zero-order chi connectivity index (χ0) is 37.8. The van der Waals surface area contributed by atoms with Crippen molar-refractivity contribution in [1.29, 1.82) is 0 Å². The molecule has 14 heteroatoms. The molecular weight excluding hydrogens is 726 g/mol. The van der Waals surface area contributed by atoms with Crippen LogP contribution in [0.25, 0.3) is 11.1 Å². The summed E-state index contributed by atoms with van der Waals surface area (Å²) in [6, 6.07) is 11.8. The van der Waals surface area contributed by atoms with E-state index in [9.17, 15) is 14.4 Å². The highest BCUT2D eigenvalue weighted by Gasteiger charge is 2.40. The number of methoxy groups -OCH3 is 1. The first-order chi connectivity index (χ1) is 25.2. The molecule has 4 heterocycles. The largest absolute Gasteiger partial charge is 0.472 e. The van der Waals surface area contributed by atoms with E-state index in [1.807, 2.05) is 33.8 Å². The molecule has 0 spiro atoms. The Morgan fingerprint density at radius 3 is 2.28 bits per heavy atom. The SMILES string of the molecule is COC(=O)c1cc(F)c(-c2cccc3c2OCN(C(=O)c2c(Cl)cc(N4CCN(C(=O)OC(C)(C)C)C[C@@H]4C)cc2Cl)C3)cc1N1C2CCC1COC2. The molecule has 0 aliphatic carbocycles. The van der Waals surface area contributed by atoms with Gasteiger partial charge in [-0.1, -0.05) is 41.4 Å². The number of carbonyl (C=O) groups is 3. The lowest BCUT2D eigenvalue weighted by atomic mass is 9.96. The molecule has 4 aliphatic heterocycles. The van der Waals surface area contributed by atoms with Crippen LogP contribution in [0.1, 0.15) is 66.8 Å². The number of halogens is 3. The predicted molar refractivity (Wildman–Crippen MR) is 200 cm³/mol. The molecule has 3 saturated heterocycles. The van der Waals surface area contributed by atoms with E-state index >= 15 is 4.39 Å². The van der Waals surface area contributed by atoms with Crippen molar-refractivity contribution >= 4 is 52.5 Å². The highest BCUT2D eigenvalue weighted by Crippen LogP contribution is 2.44. The van der Waals surface area contributed by atoms with Gasteiger partial charge in [0.05, 0.1) is 65.8 Å². The summed E-state index contributed by atoms with van der Waals surface area (Å²) in [5, 5.41) is 0.382. The first-order valence-corrected chi connectivity index (χ1v) is 18.6. The lowest BCUT2D eigenvalue weighted by Crippen LogP contribution is -2.54. The molecule has 3 atom stereocenters. The van der Waals surface area contributed by atoms with Gasteiger partial charge in [-0.05, 0) is 64.8 Å². The molecule has 3 aromatic rings. The smallest absolute Gasteiger partial charge is 0.410 e. The van der Waals surface area contributed by atoms with Crippen LogP contribution in [0, 0.1) is 5.82 Å². The average molecular weight is 770 g/mol. The van der Waals surface area contributed by atoms with Crippen LogP contribution in [-0.4, -0.2) is 98.2 Å². The number of ether oxygens (including phenoxy) is 4. The molecule has 0 radical (unpaired) electrons. The van der Waals surface area contributed by atoms with Crippen molar-refractivity contribution in [2.45, 2.75) is 70.8 Å². The van der Waals surface area contributed by atoms with E-state index in [0.717, 1.165) is 18.5 Å². The van der Waals surface area contributed by atoms with Gasteiger partial charge in [0.25, 0.3) is 5.91 Å². The average Bonchev–Trinajstić information content (AvgIpc) is 3.36. The Balaban J connectivity index is 1.11. The van der Waals surface area contributed by atoms with Crippen LogP contribution in [0.2, 0.25) is 10.0 Å². The van der Waals surface area contributed by atoms with Gasteiger partial charge >= 0.3 is 12.1 Å². The summed E-state index contributed by atoms with van der Waals surface area (Å²) in [7, 11) is 1.28. The molecule has 282 valence electrons. The Morgan fingerprint density at radius 1 is 0.943 bits per heavy atom. The molecule has 3 aromatic carbocycles. The van der Waals surface area contributed by atoms with Crippen molar-refractivity contribution < 1.29 is 37.7 Å². The van der Waals surface area contributed by atoms with Gasteiger partial charge in [0.2, 0.25) is 0 Å². The minimum atomic E-state index is -0.613. The number of hydrogen-bond acceptors (Lipinski definition) is 9. The molecule has 11 nitrogen and oxygen atoms in total. The number of morpholine rings is 1. The first kappa shape index (κ1) is 37.1. The van der Waals surface area contributed by atoms with Gasteiger partial charge in [0, 0.05) is 48.1 Å². The second-order valence-corrected chi connectivity index (χ2v) is 15.8. The summed E-state index contributed by atoms with van der Waals surface area (Å²) in [6.45, 7) is 10.0. The van der Waals surface area contributed by atoms with Crippen LogP contribution in [-0.2, 0) is 20.8 Å². The van der Waals surface area contributed by atoms with Crippen LogP contribution in [0.15, 0.2) is 42.5 Å². The third-order valence-electron chi connectivity index (χ3n) is 10.3. The van der Waals surface area contributed by atoms with Crippen molar-refractivity contribution in [1.82, 2.24) is 9.80 Å². The quantitative estimate of drug-likeness (QED) is 0.246. The molecule has 2 bridgehead atoms. The highest BCUT2D eigenvalue weighted by molar-refractivity contribution is 6.40. The van der Waals surface area contributed by atoms with Gasteiger partial charge in [0.1, 0.15) is 17.2 Å². The summed E-state index contributed by atoms with van der Waals surface area (Å²) in [6.07, 6.45) is 1.47. The van der Waals surface area contributed by atoms with Gasteiger partial charge < -0.3 is 38.5 Å². The number of esters is 1. The number of amides is 2. The number of piperazine rings is 1. The molecule has 0 aromatic heterocycles. The van der Waals surface area contributed by atoms with Crippen molar-refractivity contribution in [3.63, 3.8) is 0 Å². The summed E-state index contributed by atoms with van der Waals surface area (Å²) in [5.41, 5.74) is 2.51. The predicted octanol–water partition coefficient (Wildman–Crippen LogP) is 7.39. The fraction of sp³-hybridized carbons (Fsp3) is 0.462. The summed E-state index contributed by atoms with van der Waals surface area (Å²) in [5.74, 6) is -1.17. The maximum atomic E-state index is 16.0. The van der Waals surface area contributed by atoms with E-state index < -0.39 is 23.3 Å². The summed E-state index contributed by atoms with van der Waals surface area (Å²) in [4.78, 5) is 46.9. The Morgan fingerprint density at radius 2 is 1.64 bits per heavy atom. The maximum absolute atomic E-state index is 16.0. The van der Waals surface area contributed by atoms with Crippen molar-refractivity contribution in [3.05, 3.63) is 75.0 Å². The molecule has 4 aliphatic rings. The monoisotopic (exact) mass is 768 g/mol. The second kappa shape index (κ2) is 14.5. The molecule has 53 heavy (non-hydrogen) atoms. The highest BCUT2D eigenvalue weighted by atomic mass is 35.5. The molecule has 7 rings (SSSR count). The number of nitrogens with zero attached hydrogens (tertiary/aromatic N) is 4. The van der Waals surface area contributed by atoms with E-state index in [-0.39, 0.29) is 64.2 Å². The fourth-order valence-electron chi connectivity index (χ4n) is 7.81. The Hall–Kier alpha value is -4.26. The van der Waals surface area contributed by atoms with Gasteiger partial charge in [-0.3, -0.25) is 4.79 Å². The Labute approximate surface area is 318 Å². The topological polar surface area (TPSA) is 101 Å². The lowest BCUT2D eigenvalue weighted by Gasteiger charge is -2.41. The summed E-state index contributed by atoms with van der Waals surface area (Å²) >= 11 is 13.5. The molecule has 2 amide bonds. The van der Waals surface area contributed by atoms with Crippen LogP contribution in [0.3, 0.4) is 0 Å². The molecule has 2 unspecified atom stereocenters. The molecular formula is C39H43Cl2FN4O7. The van der Waals surface area contributed by atoms with E-state index in [0.29, 0.717) is 55.4 Å². The Kier molecular flexibility index (Phi) is 10.2. The fourth-order valence-corrected chi connectivity index (χ4v) is 8.45. The zero-order valence-electron chi connectivity index (χ0n) is 30.4. The van der Waals surface area contributed by atoms with Gasteiger partial charge in [-0.2, -0.15) is 0 Å².